The number of halogens is 2. The normalized spacial score (nSPS) is 14.6. The molecule has 0 aliphatic carbocycles. The number of aromatic nitrogens is 1. The Labute approximate surface area is 174 Å². The zero-order chi connectivity index (χ0) is 18.2. The molecule has 4 aromatic rings. The number of hydrogen-bond donors (Lipinski definition) is 0. The highest BCUT2D eigenvalue weighted by Gasteiger charge is 2.54. The molecule has 1 aromatic heterocycles. The van der Waals surface area contributed by atoms with Gasteiger partial charge < -0.3 is 4.48 Å². The van der Waals surface area contributed by atoms with E-state index in [2.05, 4.69) is 121 Å². The molecule has 128 valence electrons. The zero-order valence-corrected chi connectivity index (χ0v) is 17.5. The summed E-state index contributed by atoms with van der Waals surface area (Å²) >= 11 is 7.44. The molecule has 0 atom stereocenters. The van der Waals surface area contributed by atoms with E-state index in [9.17, 15) is 0 Å². The van der Waals surface area contributed by atoms with Crippen LogP contribution in [0, 0.1) is 0 Å². The predicted molar refractivity (Wildman–Crippen MR) is 119 cm³/mol. The number of nitrogens with zero attached hydrogens (tertiary/aromatic N) is 1. The van der Waals surface area contributed by atoms with Crippen LogP contribution in [0.15, 0.2) is 94.0 Å². The first-order valence-corrected chi connectivity index (χ1v) is 10.7. The number of rotatable bonds is 0. The van der Waals surface area contributed by atoms with E-state index in [1.807, 2.05) is 0 Å². The van der Waals surface area contributed by atoms with Crippen LogP contribution in [0.1, 0.15) is 0 Å². The minimum Gasteiger partial charge on any atom is -0.407 e. The van der Waals surface area contributed by atoms with Crippen LogP contribution in [-0.4, -0.2) is 6.28 Å². The summed E-state index contributed by atoms with van der Waals surface area (Å²) in [5, 5.41) is 0. The van der Waals surface area contributed by atoms with E-state index in [1.165, 1.54) is 38.8 Å². The van der Waals surface area contributed by atoms with Gasteiger partial charge in [-0.1, -0.05) is 76.6 Å². The molecule has 3 heterocycles. The molecule has 2 aliphatic rings. The topological polar surface area (TPSA) is 3.88 Å². The van der Waals surface area contributed by atoms with Gasteiger partial charge in [0.1, 0.15) is 6.20 Å². The molecule has 0 radical (unpaired) electrons. The molecule has 6 rings (SSSR count). The minimum absolute atomic E-state index is 1.10. The standard InChI is InChI=1S/C23H14BBr2N/c25-15-9-11-19-22(13-15)24(27-14-16(26)10-12-23(19)27)20-7-3-1-5-17(20)18-6-2-4-8-21(18)24/h1-14H. The van der Waals surface area contributed by atoms with Crippen molar-refractivity contribution in [3.05, 3.63) is 94.0 Å². The molecule has 3 aromatic carbocycles. The Balaban J connectivity index is 1.88. The Morgan fingerprint density at radius 2 is 1.22 bits per heavy atom. The van der Waals surface area contributed by atoms with Gasteiger partial charge in [-0.3, -0.25) is 0 Å². The molecule has 0 bridgehead atoms. The summed E-state index contributed by atoms with van der Waals surface area (Å²) in [6.07, 6.45) is 1.00. The molecule has 4 heteroatoms. The summed E-state index contributed by atoms with van der Waals surface area (Å²) < 4.78 is 4.73. The molecule has 27 heavy (non-hydrogen) atoms. The lowest BCUT2D eigenvalue weighted by Crippen LogP contribution is -2.81. The maximum absolute atomic E-state index is 3.73. The molecule has 0 N–H and O–H groups in total. The van der Waals surface area contributed by atoms with Crippen LogP contribution in [0.2, 0.25) is 0 Å². The smallest absolute Gasteiger partial charge is 0.362 e. The Morgan fingerprint density at radius 1 is 0.593 bits per heavy atom. The van der Waals surface area contributed by atoms with E-state index in [1.54, 1.807) is 0 Å². The van der Waals surface area contributed by atoms with Crippen LogP contribution >= 0.6 is 31.9 Å². The van der Waals surface area contributed by atoms with Gasteiger partial charge in [0, 0.05) is 16.1 Å². The van der Waals surface area contributed by atoms with Gasteiger partial charge in [-0.05, 0) is 39.2 Å². The number of fused-ring (bicyclic) bond motifs is 10. The highest BCUT2D eigenvalue weighted by Crippen LogP contribution is 2.34. The van der Waals surface area contributed by atoms with E-state index in [0.717, 1.165) is 8.95 Å². The number of hydrogen-bond acceptors (Lipinski definition) is 0. The average Bonchev–Trinajstić information content (AvgIpc) is 3.14. The first-order valence-electron chi connectivity index (χ1n) is 9.08. The lowest BCUT2D eigenvalue weighted by molar-refractivity contribution is -0.524. The summed E-state index contributed by atoms with van der Waals surface area (Å²) in [7, 11) is 0. The van der Waals surface area contributed by atoms with Crippen molar-refractivity contribution >= 4 is 54.5 Å². The molecule has 2 aliphatic heterocycles. The minimum atomic E-state index is -1.25. The molecule has 1 nitrogen and oxygen atoms in total. The fourth-order valence-electron chi connectivity index (χ4n) is 5.32. The molecule has 0 saturated heterocycles. The van der Waals surface area contributed by atoms with Crippen LogP contribution < -0.4 is 20.9 Å². The Hall–Kier alpha value is -2.17. The third-order valence-electron chi connectivity index (χ3n) is 6.21. The summed E-state index contributed by atoms with van der Waals surface area (Å²) in [4.78, 5) is 0. The quantitative estimate of drug-likeness (QED) is 0.293. The van der Waals surface area contributed by atoms with Gasteiger partial charge in [-0.15, -0.1) is 16.4 Å². The second kappa shape index (κ2) is 5.43. The zero-order valence-electron chi connectivity index (χ0n) is 14.4. The van der Waals surface area contributed by atoms with Gasteiger partial charge in [0.2, 0.25) is 0 Å². The lowest BCUT2D eigenvalue weighted by Gasteiger charge is -2.30. The van der Waals surface area contributed by atoms with Crippen LogP contribution in [0.5, 0.6) is 0 Å². The monoisotopic (exact) mass is 473 g/mol. The number of benzene rings is 3. The van der Waals surface area contributed by atoms with Crippen molar-refractivity contribution in [2.75, 3.05) is 0 Å². The van der Waals surface area contributed by atoms with Crippen LogP contribution in [0.4, 0.5) is 0 Å². The molecule has 1 spiro atoms. The van der Waals surface area contributed by atoms with Crippen LogP contribution in [0.3, 0.4) is 0 Å². The molecular formula is C23H14BBr2N. The highest BCUT2D eigenvalue weighted by molar-refractivity contribution is 9.10. The average molecular weight is 475 g/mol. The van der Waals surface area contributed by atoms with Crippen molar-refractivity contribution in [1.29, 1.82) is 0 Å². The molecule has 0 fully saturated rings. The summed E-state index contributed by atoms with van der Waals surface area (Å²) in [6.45, 7) is 0. The molecule has 0 amide bonds. The van der Waals surface area contributed by atoms with E-state index in [-0.39, 0.29) is 0 Å². The third kappa shape index (κ3) is 1.88. The van der Waals surface area contributed by atoms with E-state index in [0.29, 0.717) is 0 Å². The lowest BCUT2D eigenvalue weighted by atomic mass is 9.26. The van der Waals surface area contributed by atoms with Crippen molar-refractivity contribution in [3.63, 3.8) is 0 Å². The van der Waals surface area contributed by atoms with Gasteiger partial charge in [0.25, 0.3) is 0 Å². The fourth-order valence-corrected chi connectivity index (χ4v) is 6.05. The van der Waals surface area contributed by atoms with E-state index >= 15 is 0 Å². The fraction of sp³-hybridized carbons (Fsp3) is 0. The van der Waals surface area contributed by atoms with Crippen molar-refractivity contribution in [2.24, 2.45) is 0 Å². The van der Waals surface area contributed by atoms with E-state index < -0.39 is 6.28 Å². The van der Waals surface area contributed by atoms with E-state index in [4.69, 9.17) is 0 Å². The SMILES string of the molecule is Brc1ccc2c(c1)[B-]1(c3ccccc3-c3ccccc31)[n+]1cc(Br)ccc1-2. The van der Waals surface area contributed by atoms with Crippen molar-refractivity contribution in [3.8, 4) is 22.4 Å². The first kappa shape index (κ1) is 15.9. The molecular weight excluding hydrogens is 461 g/mol. The van der Waals surface area contributed by atoms with Crippen molar-refractivity contribution in [1.82, 2.24) is 0 Å². The molecule has 0 unspecified atom stereocenters. The van der Waals surface area contributed by atoms with Gasteiger partial charge in [0.15, 0.2) is 5.69 Å². The van der Waals surface area contributed by atoms with Crippen LogP contribution in [-0.2, 0) is 0 Å². The summed E-state index contributed by atoms with van der Waals surface area (Å²) in [6, 6.07) is 28.9. The van der Waals surface area contributed by atoms with Gasteiger partial charge in [0.05, 0.1) is 4.47 Å². The maximum atomic E-state index is 3.73. The Bertz CT molecular complexity index is 1170. The molecule has 0 saturated carbocycles. The summed E-state index contributed by atoms with van der Waals surface area (Å²) in [5.74, 6) is 0. The van der Waals surface area contributed by atoms with Crippen molar-refractivity contribution in [2.45, 2.75) is 0 Å². The third-order valence-corrected chi connectivity index (χ3v) is 7.17. The number of pyridine rings is 1. The summed E-state index contributed by atoms with van der Waals surface area (Å²) in [5.41, 5.74) is 9.47. The van der Waals surface area contributed by atoms with Gasteiger partial charge in [-0.25, -0.2) is 0 Å². The first-order chi connectivity index (χ1) is 13.2. The second-order valence-corrected chi connectivity index (χ2v) is 9.20. The predicted octanol–water partition coefficient (Wildman–Crippen LogP) is 3.98. The Morgan fingerprint density at radius 3 is 1.93 bits per heavy atom. The Kier molecular flexibility index (Phi) is 3.19. The highest BCUT2D eigenvalue weighted by atomic mass is 79.9. The van der Waals surface area contributed by atoms with Crippen LogP contribution in [0.25, 0.3) is 22.4 Å². The second-order valence-electron chi connectivity index (χ2n) is 7.37. The van der Waals surface area contributed by atoms with Gasteiger partial charge in [-0.2, -0.15) is 0 Å². The largest absolute Gasteiger partial charge is 0.407 e. The van der Waals surface area contributed by atoms with Crippen molar-refractivity contribution < 1.29 is 4.48 Å². The maximum Gasteiger partial charge on any atom is 0.362 e. The van der Waals surface area contributed by atoms with Gasteiger partial charge >= 0.3 is 6.28 Å².